The largest absolute Gasteiger partial charge is 0.352 e. The van der Waals surface area contributed by atoms with Crippen molar-refractivity contribution >= 4 is 59.4 Å². The fourth-order valence-electron chi connectivity index (χ4n) is 4.26. The van der Waals surface area contributed by atoms with Crippen LogP contribution in [0.1, 0.15) is 28.8 Å². The molecule has 194 valence electrons. The zero-order valence-electron chi connectivity index (χ0n) is 20.0. The predicted octanol–water partition coefficient (Wildman–Crippen LogP) is 5.22. The number of carbonyl (C=O) groups is 2. The van der Waals surface area contributed by atoms with Crippen LogP contribution in [0, 0.1) is 5.92 Å². The number of nitrogens with one attached hydrogen (secondary N) is 2. The molecule has 0 atom stereocenters. The summed E-state index contributed by atoms with van der Waals surface area (Å²) < 4.78 is 28.9. The fraction of sp³-hybridized carbons (Fsp3) is 0.259. The molecule has 1 saturated heterocycles. The van der Waals surface area contributed by atoms with Crippen molar-refractivity contribution in [2.75, 3.05) is 25.0 Å². The third-order valence-corrected chi connectivity index (χ3v) is 9.69. The molecule has 0 bridgehead atoms. The van der Waals surface area contributed by atoms with E-state index in [-0.39, 0.29) is 35.7 Å². The first-order chi connectivity index (χ1) is 17.8. The number of anilines is 1. The summed E-state index contributed by atoms with van der Waals surface area (Å²) in [6.45, 7) is 0.953. The molecule has 4 rings (SSSR count). The summed E-state index contributed by atoms with van der Waals surface area (Å²) in [4.78, 5) is 26.0. The second kappa shape index (κ2) is 12.3. The van der Waals surface area contributed by atoms with E-state index < -0.39 is 10.0 Å². The molecule has 7 nitrogen and oxygen atoms in total. The first-order valence-corrected chi connectivity index (χ1v) is 15.0. The minimum atomic E-state index is -3.70. The Morgan fingerprint density at radius 2 is 1.59 bits per heavy atom. The van der Waals surface area contributed by atoms with Crippen molar-refractivity contribution < 1.29 is 18.0 Å². The quantitative estimate of drug-likeness (QED) is 0.350. The minimum absolute atomic E-state index is 0.192. The Labute approximate surface area is 234 Å². The van der Waals surface area contributed by atoms with Crippen molar-refractivity contribution in [2.45, 2.75) is 24.2 Å². The van der Waals surface area contributed by atoms with Crippen molar-refractivity contribution in [3.63, 3.8) is 0 Å². The maximum Gasteiger partial charge on any atom is 0.253 e. The second-order valence-corrected chi connectivity index (χ2v) is 12.5. The van der Waals surface area contributed by atoms with Gasteiger partial charge < -0.3 is 10.6 Å². The molecule has 1 heterocycles. The second-order valence-electron chi connectivity index (χ2n) is 8.78. The number of amides is 2. The van der Waals surface area contributed by atoms with Crippen LogP contribution in [0.5, 0.6) is 0 Å². The number of hydrogen-bond acceptors (Lipinski definition) is 4. The summed E-state index contributed by atoms with van der Waals surface area (Å²) in [5.74, 6) is -0.829. The standard InChI is InChI=1S/C27H27Br2N3O4S/c28-21-10-11-23(29)25(18-21)37(35,36)32-16-13-20(14-17-32)26(33)31-24-9-5-4-8-22(24)27(34)30-15-12-19-6-2-1-3-7-19/h1-11,18,20H,12-17H2,(H,30,34)(H,31,33). The van der Waals surface area contributed by atoms with Crippen LogP contribution < -0.4 is 10.6 Å². The van der Waals surface area contributed by atoms with Crippen LogP contribution in [0.4, 0.5) is 5.69 Å². The summed E-state index contributed by atoms with van der Waals surface area (Å²) in [7, 11) is -3.70. The zero-order chi connectivity index (χ0) is 26.4. The van der Waals surface area contributed by atoms with E-state index in [1.54, 1.807) is 42.5 Å². The number of sulfonamides is 1. The Hall–Kier alpha value is -2.53. The number of rotatable bonds is 8. The summed E-state index contributed by atoms with van der Waals surface area (Å²) in [6.07, 6.45) is 1.49. The average molecular weight is 649 g/mol. The molecule has 0 spiro atoms. The molecule has 3 aromatic carbocycles. The Bertz CT molecular complexity index is 1380. The maximum atomic E-state index is 13.2. The van der Waals surface area contributed by atoms with Gasteiger partial charge in [0.1, 0.15) is 0 Å². The van der Waals surface area contributed by atoms with Gasteiger partial charge in [0.05, 0.1) is 16.1 Å². The van der Waals surface area contributed by atoms with E-state index in [4.69, 9.17) is 0 Å². The number of halogens is 2. The highest BCUT2D eigenvalue weighted by Gasteiger charge is 2.33. The molecule has 1 aliphatic rings. The van der Waals surface area contributed by atoms with Crippen LogP contribution >= 0.6 is 31.9 Å². The Morgan fingerprint density at radius 1 is 0.919 bits per heavy atom. The molecule has 2 N–H and O–H groups in total. The van der Waals surface area contributed by atoms with E-state index >= 15 is 0 Å². The van der Waals surface area contributed by atoms with Gasteiger partial charge in [-0.05, 0) is 71.1 Å². The number of benzene rings is 3. The van der Waals surface area contributed by atoms with Gasteiger partial charge in [-0.2, -0.15) is 4.31 Å². The van der Waals surface area contributed by atoms with Gasteiger partial charge in [-0.3, -0.25) is 9.59 Å². The lowest BCUT2D eigenvalue weighted by atomic mass is 9.97. The molecular formula is C27H27Br2N3O4S. The Morgan fingerprint density at radius 3 is 2.32 bits per heavy atom. The molecule has 2 amide bonds. The molecule has 1 aliphatic heterocycles. The van der Waals surface area contributed by atoms with E-state index in [1.807, 2.05) is 30.3 Å². The summed E-state index contributed by atoms with van der Waals surface area (Å²) >= 11 is 6.66. The Balaban J connectivity index is 1.35. The molecule has 0 saturated carbocycles. The Kier molecular flexibility index (Phi) is 9.17. The van der Waals surface area contributed by atoms with Crippen molar-refractivity contribution in [3.05, 3.63) is 92.9 Å². The van der Waals surface area contributed by atoms with E-state index in [1.165, 1.54) is 4.31 Å². The van der Waals surface area contributed by atoms with Gasteiger partial charge in [0, 0.05) is 34.5 Å². The van der Waals surface area contributed by atoms with E-state index in [0.29, 0.717) is 46.0 Å². The topological polar surface area (TPSA) is 95.6 Å². The molecule has 1 fully saturated rings. The number of piperidine rings is 1. The van der Waals surface area contributed by atoms with Gasteiger partial charge >= 0.3 is 0 Å². The fourth-order valence-corrected chi connectivity index (χ4v) is 7.19. The average Bonchev–Trinajstić information content (AvgIpc) is 2.91. The first kappa shape index (κ1) is 27.5. The first-order valence-electron chi connectivity index (χ1n) is 11.9. The summed E-state index contributed by atoms with van der Waals surface area (Å²) in [5, 5.41) is 5.81. The lowest BCUT2D eigenvalue weighted by Crippen LogP contribution is -2.41. The summed E-state index contributed by atoms with van der Waals surface area (Å²) in [5.41, 5.74) is 1.96. The lowest BCUT2D eigenvalue weighted by Gasteiger charge is -2.31. The predicted molar refractivity (Wildman–Crippen MR) is 151 cm³/mol. The SMILES string of the molecule is O=C(NCCc1ccccc1)c1ccccc1NC(=O)C1CCN(S(=O)(=O)c2cc(Br)ccc2Br)CC1. The molecule has 0 unspecified atom stereocenters. The smallest absolute Gasteiger partial charge is 0.253 e. The summed E-state index contributed by atoms with van der Waals surface area (Å²) in [6, 6.07) is 21.8. The van der Waals surface area contributed by atoms with E-state index in [2.05, 4.69) is 42.5 Å². The number of carbonyl (C=O) groups excluding carboxylic acids is 2. The van der Waals surface area contributed by atoms with Gasteiger partial charge in [0.15, 0.2) is 0 Å². The van der Waals surface area contributed by atoms with Crippen molar-refractivity contribution in [1.82, 2.24) is 9.62 Å². The van der Waals surface area contributed by atoms with Gasteiger partial charge in [-0.15, -0.1) is 0 Å². The molecule has 37 heavy (non-hydrogen) atoms. The van der Waals surface area contributed by atoms with Crippen LogP contribution in [0.15, 0.2) is 86.6 Å². The molecule has 0 radical (unpaired) electrons. The number of nitrogens with zero attached hydrogens (tertiary/aromatic N) is 1. The van der Waals surface area contributed by atoms with Gasteiger partial charge in [-0.1, -0.05) is 58.4 Å². The van der Waals surface area contributed by atoms with Crippen molar-refractivity contribution in [1.29, 1.82) is 0 Å². The molecule has 3 aromatic rings. The molecule has 0 aromatic heterocycles. The molecule has 10 heteroatoms. The van der Waals surface area contributed by atoms with Crippen LogP contribution in [-0.2, 0) is 21.2 Å². The maximum absolute atomic E-state index is 13.2. The third kappa shape index (κ3) is 6.87. The van der Waals surface area contributed by atoms with Crippen LogP contribution in [-0.4, -0.2) is 44.2 Å². The number of para-hydroxylation sites is 1. The van der Waals surface area contributed by atoms with Crippen LogP contribution in [0.3, 0.4) is 0 Å². The van der Waals surface area contributed by atoms with Crippen LogP contribution in [0.25, 0.3) is 0 Å². The highest BCUT2D eigenvalue weighted by molar-refractivity contribution is 9.11. The normalized spacial score (nSPS) is 14.8. The highest BCUT2D eigenvalue weighted by Crippen LogP contribution is 2.31. The highest BCUT2D eigenvalue weighted by atomic mass is 79.9. The minimum Gasteiger partial charge on any atom is -0.352 e. The van der Waals surface area contributed by atoms with Gasteiger partial charge in [0.2, 0.25) is 15.9 Å². The van der Waals surface area contributed by atoms with Crippen LogP contribution in [0.2, 0.25) is 0 Å². The third-order valence-electron chi connectivity index (χ3n) is 6.31. The van der Waals surface area contributed by atoms with Gasteiger partial charge in [-0.25, -0.2) is 8.42 Å². The monoisotopic (exact) mass is 647 g/mol. The van der Waals surface area contributed by atoms with E-state index in [0.717, 1.165) is 5.56 Å². The van der Waals surface area contributed by atoms with Gasteiger partial charge in [0.25, 0.3) is 5.91 Å². The lowest BCUT2D eigenvalue weighted by molar-refractivity contribution is -0.120. The van der Waals surface area contributed by atoms with E-state index in [9.17, 15) is 18.0 Å². The molecule has 0 aliphatic carbocycles. The van der Waals surface area contributed by atoms with Crippen molar-refractivity contribution in [3.8, 4) is 0 Å². The van der Waals surface area contributed by atoms with Crippen molar-refractivity contribution in [2.24, 2.45) is 5.92 Å². The zero-order valence-corrected chi connectivity index (χ0v) is 24.0. The molecular weight excluding hydrogens is 622 g/mol. The number of hydrogen-bond donors (Lipinski definition) is 2.